The van der Waals surface area contributed by atoms with Crippen molar-refractivity contribution < 1.29 is 12.8 Å². The van der Waals surface area contributed by atoms with Crippen LogP contribution in [0.25, 0.3) is 0 Å². The van der Waals surface area contributed by atoms with Crippen molar-refractivity contribution in [2.45, 2.75) is 17.4 Å². The van der Waals surface area contributed by atoms with Gasteiger partial charge in [0.1, 0.15) is 11.8 Å². The first-order chi connectivity index (χ1) is 12.2. The van der Waals surface area contributed by atoms with Gasteiger partial charge in [-0.15, -0.1) is 0 Å². The third-order valence-electron chi connectivity index (χ3n) is 4.03. The van der Waals surface area contributed by atoms with Crippen molar-refractivity contribution in [2.75, 3.05) is 0 Å². The molecule has 0 spiro atoms. The van der Waals surface area contributed by atoms with Crippen LogP contribution in [-0.2, 0) is 10.0 Å². The molecule has 0 aliphatic carbocycles. The lowest BCUT2D eigenvalue weighted by molar-refractivity contribution is 0.320. The number of hydrogen-bond acceptors (Lipinski definition) is 5. The Labute approximate surface area is 145 Å². The summed E-state index contributed by atoms with van der Waals surface area (Å²) in [6, 6.07) is 14.9. The number of pyridine rings is 1. The van der Waals surface area contributed by atoms with Gasteiger partial charge in [0.2, 0.25) is 0 Å². The first-order valence-corrected chi connectivity index (χ1v) is 9.21. The molecular weight excluding hydrogens is 338 g/mol. The molecule has 7 heteroatoms. The van der Waals surface area contributed by atoms with E-state index in [0.717, 1.165) is 9.98 Å². The molecule has 0 radical (unpaired) electrons. The van der Waals surface area contributed by atoms with Gasteiger partial charge in [0, 0.05) is 24.4 Å². The van der Waals surface area contributed by atoms with Crippen molar-refractivity contribution >= 4 is 15.7 Å². The van der Waals surface area contributed by atoms with Gasteiger partial charge in [-0.3, -0.25) is 4.98 Å². The first kappa shape index (κ1) is 15.6. The van der Waals surface area contributed by atoms with Gasteiger partial charge in [-0.2, -0.15) is 17.9 Å². The second-order valence-corrected chi connectivity index (χ2v) is 7.41. The standard InChI is InChI=1S/C18H15N3O3S/c22-25(23,15-7-2-1-3-8-15)21-17(18-9-5-11-24-18)12-16(20-21)14-6-4-10-19-13-14/h1-11,13,17H,12H2/t17-/m0/s1. The molecule has 1 aliphatic heterocycles. The summed E-state index contributed by atoms with van der Waals surface area (Å²) >= 11 is 0. The number of rotatable bonds is 4. The Bertz CT molecular complexity index is 985. The highest BCUT2D eigenvalue weighted by Crippen LogP contribution is 2.37. The van der Waals surface area contributed by atoms with E-state index in [0.29, 0.717) is 17.9 Å². The fourth-order valence-electron chi connectivity index (χ4n) is 2.81. The molecule has 6 nitrogen and oxygen atoms in total. The minimum atomic E-state index is -3.79. The van der Waals surface area contributed by atoms with Crippen LogP contribution in [-0.4, -0.2) is 23.5 Å². The predicted molar refractivity (Wildman–Crippen MR) is 92.3 cm³/mol. The highest BCUT2D eigenvalue weighted by atomic mass is 32.2. The molecule has 25 heavy (non-hydrogen) atoms. The highest BCUT2D eigenvalue weighted by molar-refractivity contribution is 7.89. The molecule has 1 atom stereocenters. The van der Waals surface area contributed by atoms with Crippen LogP contribution in [0.5, 0.6) is 0 Å². The molecule has 0 N–H and O–H groups in total. The van der Waals surface area contributed by atoms with Crippen LogP contribution in [0.2, 0.25) is 0 Å². The molecule has 0 fully saturated rings. The van der Waals surface area contributed by atoms with Crippen LogP contribution in [0.3, 0.4) is 0 Å². The largest absolute Gasteiger partial charge is 0.467 e. The maximum Gasteiger partial charge on any atom is 0.279 e. The summed E-state index contributed by atoms with van der Waals surface area (Å²) in [6.07, 6.45) is 5.30. The second-order valence-electron chi connectivity index (χ2n) is 5.61. The van der Waals surface area contributed by atoms with Crippen molar-refractivity contribution in [3.8, 4) is 0 Å². The smallest absolute Gasteiger partial charge is 0.279 e. The van der Waals surface area contributed by atoms with Crippen LogP contribution in [0.15, 0.2) is 87.7 Å². The number of aromatic nitrogens is 1. The Hall–Kier alpha value is -2.93. The topological polar surface area (TPSA) is 75.8 Å². The van der Waals surface area contributed by atoms with Gasteiger partial charge in [-0.1, -0.05) is 24.3 Å². The average Bonchev–Trinajstić information content (AvgIpc) is 3.33. The van der Waals surface area contributed by atoms with Gasteiger partial charge in [0.05, 0.1) is 16.9 Å². The van der Waals surface area contributed by atoms with Crippen molar-refractivity contribution in [1.29, 1.82) is 0 Å². The van der Waals surface area contributed by atoms with E-state index >= 15 is 0 Å². The summed E-state index contributed by atoms with van der Waals surface area (Å²) in [4.78, 5) is 4.29. The van der Waals surface area contributed by atoms with Gasteiger partial charge >= 0.3 is 0 Å². The number of nitrogens with zero attached hydrogens (tertiary/aromatic N) is 3. The summed E-state index contributed by atoms with van der Waals surface area (Å²) in [7, 11) is -3.79. The first-order valence-electron chi connectivity index (χ1n) is 7.77. The van der Waals surface area contributed by atoms with E-state index in [2.05, 4.69) is 10.1 Å². The van der Waals surface area contributed by atoms with Crippen LogP contribution < -0.4 is 0 Å². The van der Waals surface area contributed by atoms with Gasteiger partial charge < -0.3 is 4.42 Å². The molecule has 0 saturated carbocycles. The van der Waals surface area contributed by atoms with E-state index in [1.165, 1.54) is 6.26 Å². The quantitative estimate of drug-likeness (QED) is 0.722. The molecule has 4 rings (SSSR count). The van der Waals surface area contributed by atoms with E-state index in [1.807, 2.05) is 6.07 Å². The molecule has 0 unspecified atom stereocenters. The SMILES string of the molecule is O=S(=O)(c1ccccc1)N1N=C(c2cccnc2)C[C@H]1c1ccco1. The Morgan fingerprint density at radius 1 is 1.04 bits per heavy atom. The maximum atomic E-state index is 13.1. The van der Waals surface area contributed by atoms with Gasteiger partial charge in [0.25, 0.3) is 10.0 Å². The Balaban J connectivity index is 1.80. The summed E-state index contributed by atoms with van der Waals surface area (Å²) in [6.45, 7) is 0. The lowest BCUT2D eigenvalue weighted by Gasteiger charge is -2.21. The normalized spacial score (nSPS) is 17.5. The predicted octanol–water partition coefficient (Wildman–Crippen LogP) is 3.21. The van der Waals surface area contributed by atoms with Crippen LogP contribution in [0.4, 0.5) is 0 Å². The van der Waals surface area contributed by atoms with Crippen molar-refractivity contribution in [3.63, 3.8) is 0 Å². The van der Waals surface area contributed by atoms with Crippen molar-refractivity contribution in [1.82, 2.24) is 9.40 Å². The van der Waals surface area contributed by atoms with Crippen LogP contribution in [0.1, 0.15) is 23.8 Å². The Morgan fingerprint density at radius 3 is 2.56 bits per heavy atom. The fourth-order valence-corrected chi connectivity index (χ4v) is 4.25. The molecule has 0 amide bonds. The van der Waals surface area contributed by atoms with Crippen molar-refractivity contribution in [3.05, 3.63) is 84.6 Å². The van der Waals surface area contributed by atoms with Crippen molar-refractivity contribution in [2.24, 2.45) is 5.10 Å². The third-order valence-corrected chi connectivity index (χ3v) is 5.72. The van der Waals surface area contributed by atoms with Gasteiger partial charge in [-0.05, 0) is 30.3 Å². The minimum absolute atomic E-state index is 0.197. The number of furan rings is 1. The summed E-state index contributed by atoms with van der Waals surface area (Å²) in [5.41, 5.74) is 1.46. The number of benzene rings is 1. The molecule has 2 aromatic heterocycles. The zero-order valence-corrected chi connectivity index (χ0v) is 14.0. The molecule has 0 bridgehead atoms. The second kappa shape index (κ2) is 6.18. The molecule has 1 aliphatic rings. The fraction of sp³-hybridized carbons (Fsp3) is 0.111. The average molecular weight is 353 g/mol. The molecule has 0 saturated heterocycles. The number of hydrazone groups is 1. The zero-order chi connectivity index (χ0) is 17.3. The highest BCUT2D eigenvalue weighted by Gasteiger charge is 2.39. The molecule has 3 heterocycles. The number of sulfonamides is 1. The summed E-state index contributed by atoms with van der Waals surface area (Å²) in [5.74, 6) is 0.558. The van der Waals surface area contributed by atoms with E-state index in [-0.39, 0.29) is 4.90 Å². The maximum absolute atomic E-state index is 13.1. The summed E-state index contributed by atoms with van der Waals surface area (Å²) < 4.78 is 32.8. The van der Waals surface area contributed by atoms with E-state index in [4.69, 9.17) is 4.42 Å². The monoisotopic (exact) mass is 353 g/mol. The van der Waals surface area contributed by atoms with Gasteiger partial charge in [-0.25, -0.2) is 0 Å². The zero-order valence-electron chi connectivity index (χ0n) is 13.2. The lowest BCUT2D eigenvalue weighted by atomic mass is 10.0. The minimum Gasteiger partial charge on any atom is -0.467 e. The molecular formula is C18H15N3O3S. The molecule has 3 aromatic rings. The Kier molecular flexibility index (Phi) is 3.85. The Morgan fingerprint density at radius 2 is 1.88 bits per heavy atom. The number of hydrogen-bond donors (Lipinski definition) is 0. The summed E-state index contributed by atoms with van der Waals surface area (Å²) in [5, 5.41) is 4.41. The van der Waals surface area contributed by atoms with E-state index in [1.54, 1.807) is 60.9 Å². The van der Waals surface area contributed by atoms with E-state index < -0.39 is 16.1 Å². The molecule has 1 aromatic carbocycles. The third kappa shape index (κ3) is 2.83. The lowest BCUT2D eigenvalue weighted by Crippen LogP contribution is -2.27. The molecule has 126 valence electrons. The van der Waals surface area contributed by atoms with Crippen LogP contribution in [0, 0.1) is 0 Å². The van der Waals surface area contributed by atoms with Gasteiger partial charge in [0.15, 0.2) is 0 Å². The van der Waals surface area contributed by atoms with Crippen LogP contribution >= 0.6 is 0 Å². The van der Waals surface area contributed by atoms with E-state index in [9.17, 15) is 8.42 Å².